The van der Waals surface area contributed by atoms with Crippen molar-refractivity contribution in [3.8, 4) is 52.1 Å². The summed E-state index contributed by atoms with van der Waals surface area (Å²) in [5.41, 5.74) is 6.63. The molecule has 5 aromatic heterocycles. The van der Waals surface area contributed by atoms with Gasteiger partial charge in [-0.2, -0.15) is 0 Å². The van der Waals surface area contributed by atoms with Crippen molar-refractivity contribution >= 4 is 0 Å². The quantitative estimate of drug-likeness (QED) is 0.139. The van der Waals surface area contributed by atoms with Crippen LogP contribution in [0.2, 0.25) is 0 Å². The van der Waals surface area contributed by atoms with Gasteiger partial charge < -0.3 is 9.72 Å². The molecule has 1 aromatic carbocycles. The van der Waals surface area contributed by atoms with Crippen LogP contribution < -0.4 is 4.74 Å². The Kier molecular flexibility index (Phi) is 13.2. The number of hydrogen-bond donors (Lipinski definition) is 0. The summed E-state index contributed by atoms with van der Waals surface area (Å²) in [6.45, 7) is 2.30. The fourth-order valence-electron chi connectivity index (χ4n) is 3.56. The molecule has 0 spiro atoms. The van der Waals surface area contributed by atoms with E-state index in [0.717, 1.165) is 39.8 Å². The molecule has 5 heterocycles. The average molecular weight is 725 g/mol. The molecule has 0 saturated heterocycles. The maximum absolute atomic E-state index is 5.36. The number of pyridine rings is 5. The van der Waals surface area contributed by atoms with Crippen LogP contribution in [-0.2, 0) is 19.8 Å². The Bertz CT molecular complexity index is 1500. The summed E-state index contributed by atoms with van der Waals surface area (Å²) in [5, 5.41) is 0. The molecule has 6 rings (SSSR count). The average Bonchev–Trinajstić information content (AvgIpc) is 3.06. The van der Waals surface area contributed by atoms with Gasteiger partial charge in [-0.25, -0.2) is 0 Å². The maximum Gasteiger partial charge on any atom is 1.00 e. The molecule has 6 nitrogen and oxygen atoms in total. The van der Waals surface area contributed by atoms with Gasteiger partial charge in [-0.15, -0.1) is 41.8 Å². The Labute approximate surface area is 260 Å². The first-order valence-corrected chi connectivity index (χ1v) is 12.9. The maximum atomic E-state index is 5.36. The molecular weight excluding hydrogens is 697 g/mol. The third-order valence-corrected chi connectivity index (χ3v) is 5.47. The summed E-state index contributed by atoms with van der Waals surface area (Å²) in [6, 6.07) is 35.9. The molecule has 0 aliphatic carbocycles. The van der Waals surface area contributed by atoms with E-state index in [1.165, 1.54) is 5.56 Å². The number of aryl methyl sites for hydroxylation is 1. The monoisotopic (exact) mass is 726 g/mol. The predicted molar refractivity (Wildman–Crippen MR) is 163 cm³/mol. The molecule has 0 saturated carbocycles. The minimum absolute atomic E-state index is 0. The summed E-state index contributed by atoms with van der Waals surface area (Å²) in [7, 11) is 0. The molecule has 0 aliphatic heterocycles. The van der Waals surface area contributed by atoms with Crippen molar-refractivity contribution in [2.45, 2.75) is 6.92 Å². The van der Waals surface area contributed by atoms with Crippen molar-refractivity contribution in [3.05, 3.63) is 146 Å². The molecule has 42 heavy (non-hydrogen) atoms. The van der Waals surface area contributed by atoms with E-state index in [0.29, 0.717) is 0 Å². The van der Waals surface area contributed by atoms with E-state index >= 15 is 0 Å². The van der Waals surface area contributed by atoms with Gasteiger partial charge in [0.15, 0.2) is 0 Å². The Morgan fingerprint density at radius 3 is 1.50 bits per heavy atom. The van der Waals surface area contributed by atoms with Crippen LogP contribution in [0.25, 0.3) is 34.0 Å². The van der Waals surface area contributed by atoms with E-state index in [1.54, 1.807) is 37.1 Å². The Morgan fingerprint density at radius 1 is 0.619 bits per heavy atom. The largest absolute Gasteiger partial charge is 1.00 e. The van der Waals surface area contributed by atoms with Gasteiger partial charge in [0.25, 0.3) is 0 Å². The summed E-state index contributed by atoms with van der Waals surface area (Å²) >= 11 is 0. The molecule has 0 aliphatic rings. The number of hydrogen-bond acceptors (Lipinski definition) is 6. The summed E-state index contributed by atoms with van der Waals surface area (Å²) in [6.07, 6.45) is 13.9. The normalized spacial score (nSPS) is 9.43. The number of rotatable bonds is 5. The molecular formula is C35H28N5OOs. The molecule has 0 fully saturated rings. The van der Waals surface area contributed by atoms with E-state index in [1.807, 2.05) is 104 Å². The first-order chi connectivity index (χ1) is 20.2. The first-order valence-electron chi connectivity index (χ1n) is 12.9. The van der Waals surface area contributed by atoms with Crippen molar-refractivity contribution in [1.82, 2.24) is 24.9 Å². The van der Waals surface area contributed by atoms with Gasteiger partial charge in [0.05, 0.1) is 22.8 Å². The number of benzene rings is 1. The van der Waals surface area contributed by atoms with Crippen molar-refractivity contribution < 1.29 is 24.5 Å². The minimum atomic E-state index is 0. The van der Waals surface area contributed by atoms with Crippen molar-refractivity contribution in [1.29, 1.82) is 0 Å². The molecule has 7 heteroatoms. The zero-order chi connectivity index (χ0) is 28.5. The molecule has 0 N–H and O–H groups in total. The van der Waals surface area contributed by atoms with Gasteiger partial charge in [0.2, 0.25) is 0 Å². The molecule has 207 valence electrons. The van der Waals surface area contributed by atoms with Gasteiger partial charge in [0, 0.05) is 31.0 Å². The molecule has 6 aromatic rings. The van der Waals surface area contributed by atoms with E-state index in [-0.39, 0.29) is 26.4 Å². The zero-order valence-corrected chi connectivity index (χ0v) is 25.5. The van der Waals surface area contributed by atoms with Crippen LogP contribution in [0.1, 0.15) is 5.56 Å². The van der Waals surface area contributed by atoms with Crippen LogP contribution in [0.4, 0.5) is 0 Å². The number of terminal acetylenes is 1. The Hall–Kier alpha value is -5.03. The first kappa shape index (κ1) is 31.5. The molecule has 0 unspecified atom stereocenters. The molecule has 1 radical (unpaired) electrons. The second kappa shape index (κ2) is 17.6. The second-order valence-electron chi connectivity index (χ2n) is 8.51. The minimum Gasteiger partial charge on any atom is -0.482 e. The van der Waals surface area contributed by atoms with Crippen LogP contribution in [0.5, 0.6) is 5.75 Å². The van der Waals surface area contributed by atoms with Crippen LogP contribution >= 0.6 is 0 Å². The topological polar surface area (TPSA) is 73.7 Å². The Morgan fingerprint density at radius 2 is 1.10 bits per heavy atom. The van der Waals surface area contributed by atoms with Crippen molar-refractivity contribution in [2.75, 3.05) is 6.61 Å². The summed E-state index contributed by atoms with van der Waals surface area (Å²) in [4.78, 5) is 21.0. The van der Waals surface area contributed by atoms with Gasteiger partial charge in [-0.1, -0.05) is 37.1 Å². The van der Waals surface area contributed by atoms with E-state index in [9.17, 15) is 0 Å². The van der Waals surface area contributed by atoms with E-state index in [4.69, 9.17) is 11.2 Å². The third kappa shape index (κ3) is 10.2. The molecule has 0 bridgehead atoms. The number of ether oxygens (including phenoxy) is 1. The van der Waals surface area contributed by atoms with Crippen LogP contribution in [0, 0.1) is 25.3 Å². The van der Waals surface area contributed by atoms with Crippen LogP contribution in [0.15, 0.2) is 134 Å². The van der Waals surface area contributed by atoms with E-state index < -0.39 is 0 Å². The van der Waals surface area contributed by atoms with Crippen molar-refractivity contribution in [2.24, 2.45) is 0 Å². The third-order valence-electron chi connectivity index (χ3n) is 5.47. The zero-order valence-electron chi connectivity index (χ0n) is 23.0. The van der Waals surface area contributed by atoms with Gasteiger partial charge in [-0.3, -0.25) is 19.9 Å². The SMILES string of the molecule is C#CCOc1ccnc(-c2[c-]ccc(C)c2)c1.[Os+].c1ccc(-c2ccccn2)nc1.c1ccc(-c2ccccn2)nc1. The van der Waals surface area contributed by atoms with Gasteiger partial charge >= 0.3 is 19.8 Å². The van der Waals surface area contributed by atoms with Crippen molar-refractivity contribution in [3.63, 3.8) is 0 Å². The predicted octanol–water partition coefficient (Wildman–Crippen LogP) is 7.15. The van der Waals surface area contributed by atoms with E-state index in [2.05, 4.69) is 36.9 Å². The van der Waals surface area contributed by atoms with Crippen LogP contribution in [0.3, 0.4) is 0 Å². The van der Waals surface area contributed by atoms with Crippen LogP contribution in [-0.4, -0.2) is 31.5 Å². The van der Waals surface area contributed by atoms with Gasteiger partial charge in [-0.05, 0) is 66.4 Å². The molecule has 0 atom stereocenters. The number of aromatic nitrogens is 5. The summed E-state index contributed by atoms with van der Waals surface area (Å²) in [5.74, 6) is 3.16. The number of nitrogens with zero attached hydrogens (tertiary/aromatic N) is 5. The summed E-state index contributed by atoms with van der Waals surface area (Å²) < 4.78 is 5.36. The smallest absolute Gasteiger partial charge is 0.482 e. The Balaban J connectivity index is 0.000000175. The fourth-order valence-corrected chi connectivity index (χ4v) is 3.56. The molecule has 0 amide bonds. The fraction of sp³-hybridized carbons (Fsp3) is 0.0571. The second-order valence-corrected chi connectivity index (χ2v) is 8.51. The standard InChI is InChI=1S/C15H12NO.2C10H8N2.Os/c1-3-9-17-14-7-8-16-15(11-14)13-6-4-5-12(2)10-13;2*1-3-7-11-9(5-1)10-6-2-4-8-12-10;/h1,4-5,7-8,10-11H,9H2,2H3;2*1-8H;/q-1;;;+1. The van der Waals surface area contributed by atoms with Gasteiger partial charge in [0.1, 0.15) is 12.4 Å².